The van der Waals surface area contributed by atoms with Crippen LogP contribution in [-0.2, 0) is 19.1 Å². The summed E-state index contributed by atoms with van der Waals surface area (Å²) in [5, 5.41) is 6.02. The van der Waals surface area contributed by atoms with Crippen LogP contribution >= 0.6 is 11.3 Å². The molecule has 4 N–H and O–H groups in total. The van der Waals surface area contributed by atoms with Gasteiger partial charge in [-0.15, -0.1) is 0 Å². The number of likely N-dealkylation sites (N-methyl/N-ethyl adjacent to an activating group) is 1. The van der Waals surface area contributed by atoms with Gasteiger partial charge in [0.2, 0.25) is 5.91 Å². The summed E-state index contributed by atoms with van der Waals surface area (Å²) >= 11 is 1.66. The molecule has 3 rings (SSSR count). The van der Waals surface area contributed by atoms with E-state index in [9.17, 15) is 9.59 Å². The molecule has 0 bridgehead atoms. The summed E-state index contributed by atoms with van der Waals surface area (Å²) in [4.78, 5) is 39.6. The molecule has 0 aliphatic heterocycles. The molecular weight excluding hydrogens is 504 g/mol. The van der Waals surface area contributed by atoms with Crippen molar-refractivity contribution in [3.05, 3.63) is 36.7 Å². The van der Waals surface area contributed by atoms with E-state index in [4.69, 9.17) is 10.5 Å². The number of ether oxygens (including phenoxy) is 1. The SMILES string of the molecule is CC.CCCN(CC=O)C(=O)C(NC)C(C)C.CNc1cn2cc(-c3ccc(N)cc3)sc2n1.COC=O. The molecular formula is C27H44N6O4S. The molecule has 0 aliphatic carbocycles. The molecule has 11 heteroatoms. The number of carbonyl (C=O) groups is 3. The Hall–Kier alpha value is -3.44. The lowest BCUT2D eigenvalue weighted by Gasteiger charge is -2.27. The summed E-state index contributed by atoms with van der Waals surface area (Å²) in [7, 11) is 4.95. The Bertz CT molecular complexity index is 1030. The van der Waals surface area contributed by atoms with Gasteiger partial charge in [0.05, 0.1) is 30.8 Å². The van der Waals surface area contributed by atoms with Gasteiger partial charge in [-0.05, 0) is 37.1 Å². The lowest BCUT2D eigenvalue weighted by Crippen LogP contribution is -2.48. The number of nitrogens with zero attached hydrogens (tertiary/aromatic N) is 3. The first-order valence-electron chi connectivity index (χ1n) is 12.6. The van der Waals surface area contributed by atoms with Crippen LogP contribution in [0.1, 0.15) is 41.0 Å². The van der Waals surface area contributed by atoms with Crippen molar-refractivity contribution in [3.8, 4) is 10.4 Å². The number of nitrogens with two attached hydrogens (primary N) is 1. The second kappa shape index (κ2) is 19.6. The summed E-state index contributed by atoms with van der Waals surface area (Å²) in [5.41, 5.74) is 7.63. The van der Waals surface area contributed by atoms with E-state index in [1.807, 2.05) is 76.5 Å². The molecule has 0 spiro atoms. The van der Waals surface area contributed by atoms with Crippen LogP contribution in [0.2, 0.25) is 0 Å². The van der Waals surface area contributed by atoms with Crippen molar-refractivity contribution in [3.63, 3.8) is 0 Å². The highest BCUT2D eigenvalue weighted by Gasteiger charge is 2.24. The number of benzene rings is 1. The molecule has 2 aromatic heterocycles. The molecule has 212 valence electrons. The number of hydrogen-bond acceptors (Lipinski definition) is 9. The highest BCUT2D eigenvalue weighted by Crippen LogP contribution is 2.29. The number of amides is 1. The summed E-state index contributed by atoms with van der Waals surface area (Å²) < 4.78 is 5.89. The third-order valence-electron chi connectivity index (χ3n) is 5.05. The first-order chi connectivity index (χ1) is 18.3. The maximum absolute atomic E-state index is 12.0. The summed E-state index contributed by atoms with van der Waals surface area (Å²) in [6.45, 7) is 11.2. The maximum atomic E-state index is 12.0. The summed E-state index contributed by atoms with van der Waals surface area (Å²) in [6, 6.07) is 7.68. The molecule has 10 nitrogen and oxygen atoms in total. The Balaban J connectivity index is 0.000000603. The number of hydrogen-bond donors (Lipinski definition) is 3. The Morgan fingerprint density at radius 3 is 2.21 bits per heavy atom. The number of nitrogens with one attached hydrogen (secondary N) is 2. The fraction of sp³-hybridized carbons (Fsp3) is 0.481. The molecule has 1 unspecified atom stereocenters. The molecule has 0 aliphatic rings. The van der Waals surface area contributed by atoms with Crippen LogP contribution in [0.3, 0.4) is 0 Å². The van der Waals surface area contributed by atoms with Gasteiger partial charge < -0.3 is 30.8 Å². The van der Waals surface area contributed by atoms with E-state index in [1.165, 1.54) is 17.6 Å². The van der Waals surface area contributed by atoms with Crippen LogP contribution in [0.15, 0.2) is 36.7 Å². The van der Waals surface area contributed by atoms with Gasteiger partial charge in [0.15, 0.2) is 4.96 Å². The van der Waals surface area contributed by atoms with Crippen molar-refractivity contribution in [1.29, 1.82) is 0 Å². The molecule has 0 saturated carbocycles. The average Bonchev–Trinajstić information content (AvgIpc) is 3.50. The summed E-state index contributed by atoms with van der Waals surface area (Å²) in [6.07, 6.45) is 5.71. The lowest BCUT2D eigenvalue weighted by molar-refractivity contribution is -0.136. The van der Waals surface area contributed by atoms with Gasteiger partial charge in [-0.2, -0.15) is 0 Å². The zero-order valence-electron chi connectivity index (χ0n) is 23.9. The van der Waals surface area contributed by atoms with Crippen LogP contribution in [0.5, 0.6) is 0 Å². The van der Waals surface area contributed by atoms with E-state index in [1.54, 1.807) is 23.3 Å². The fourth-order valence-electron chi connectivity index (χ4n) is 3.29. The number of imidazole rings is 1. The topological polar surface area (TPSA) is 131 Å². The van der Waals surface area contributed by atoms with Gasteiger partial charge in [-0.25, -0.2) is 4.98 Å². The van der Waals surface area contributed by atoms with Crippen LogP contribution < -0.4 is 16.4 Å². The smallest absolute Gasteiger partial charge is 0.292 e. The molecule has 0 fully saturated rings. The van der Waals surface area contributed by atoms with Crippen LogP contribution in [0.25, 0.3) is 15.4 Å². The second-order valence-corrected chi connectivity index (χ2v) is 9.09. The van der Waals surface area contributed by atoms with Crippen LogP contribution in [-0.4, -0.2) is 73.3 Å². The minimum Gasteiger partial charge on any atom is -0.471 e. The number of fused-ring (bicyclic) bond motifs is 1. The first-order valence-corrected chi connectivity index (χ1v) is 13.5. The minimum absolute atomic E-state index is 0.0152. The highest BCUT2D eigenvalue weighted by molar-refractivity contribution is 7.20. The van der Waals surface area contributed by atoms with E-state index < -0.39 is 0 Å². The number of rotatable bonds is 10. The van der Waals surface area contributed by atoms with Crippen LogP contribution in [0, 0.1) is 5.92 Å². The number of methoxy groups -OCH3 is 1. The molecule has 1 atom stereocenters. The zero-order valence-corrected chi connectivity index (χ0v) is 24.7. The van der Waals surface area contributed by atoms with E-state index in [2.05, 4.69) is 26.6 Å². The minimum atomic E-state index is -0.198. The lowest BCUT2D eigenvalue weighted by atomic mass is 10.0. The van der Waals surface area contributed by atoms with Crippen molar-refractivity contribution in [2.45, 2.75) is 47.1 Å². The monoisotopic (exact) mass is 548 g/mol. The molecule has 3 aromatic rings. The van der Waals surface area contributed by atoms with E-state index in [0.29, 0.717) is 13.0 Å². The molecule has 38 heavy (non-hydrogen) atoms. The Labute approximate surface area is 230 Å². The van der Waals surface area contributed by atoms with Crippen molar-refractivity contribution < 1.29 is 19.1 Å². The largest absolute Gasteiger partial charge is 0.471 e. The number of aromatic nitrogens is 2. The van der Waals surface area contributed by atoms with Gasteiger partial charge in [0, 0.05) is 25.5 Å². The van der Waals surface area contributed by atoms with E-state index in [0.717, 1.165) is 29.2 Å². The number of carbonyl (C=O) groups excluding carboxylic acids is 3. The van der Waals surface area contributed by atoms with Gasteiger partial charge >= 0.3 is 0 Å². The van der Waals surface area contributed by atoms with E-state index in [-0.39, 0.29) is 24.4 Å². The molecule has 2 heterocycles. The quantitative estimate of drug-likeness (QED) is 0.254. The Morgan fingerprint density at radius 1 is 1.18 bits per heavy atom. The van der Waals surface area contributed by atoms with Crippen molar-refractivity contribution in [2.75, 3.05) is 45.3 Å². The van der Waals surface area contributed by atoms with Crippen molar-refractivity contribution in [1.82, 2.24) is 19.6 Å². The van der Waals surface area contributed by atoms with Crippen LogP contribution in [0.4, 0.5) is 11.5 Å². The zero-order chi connectivity index (χ0) is 29.1. The predicted molar refractivity (Wildman–Crippen MR) is 158 cm³/mol. The van der Waals surface area contributed by atoms with Crippen molar-refractivity contribution >= 4 is 46.5 Å². The number of anilines is 2. The average molecular weight is 549 g/mol. The molecule has 1 amide bonds. The summed E-state index contributed by atoms with van der Waals surface area (Å²) in [5.74, 6) is 1.13. The fourth-order valence-corrected chi connectivity index (χ4v) is 4.26. The Kier molecular flexibility index (Phi) is 17.9. The van der Waals surface area contributed by atoms with Gasteiger partial charge in [0.1, 0.15) is 12.1 Å². The number of thiazole rings is 1. The van der Waals surface area contributed by atoms with Gasteiger partial charge in [-0.1, -0.05) is 58.1 Å². The second-order valence-electron chi connectivity index (χ2n) is 8.08. The Morgan fingerprint density at radius 2 is 1.79 bits per heavy atom. The highest BCUT2D eigenvalue weighted by atomic mass is 32.1. The predicted octanol–water partition coefficient (Wildman–Crippen LogP) is 4.17. The maximum Gasteiger partial charge on any atom is 0.292 e. The first kappa shape index (κ1) is 34.6. The van der Waals surface area contributed by atoms with Crippen molar-refractivity contribution in [2.24, 2.45) is 5.92 Å². The third-order valence-corrected chi connectivity index (χ3v) is 6.09. The normalized spacial score (nSPS) is 10.6. The number of nitrogen functional groups attached to an aromatic ring is 1. The van der Waals surface area contributed by atoms with Gasteiger partial charge in [-0.3, -0.25) is 14.0 Å². The molecule has 0 radical (unpaired) electrons. The molecule has 1 aromatic carbocycles. The molecule has 0 saturated heterocycles. The van der Waals surface area contributed by atoms with E-state index >= 15 is 0 Å². The van der Waals surface area contributed by atoms with Gasteiger partial charge in [0.25, 0.3) is 6.47 Å². The third kappa shape index (κ3) is 11.3. The standard InChI is InChI=1S/C12H12N4S.C11H22N2O2.C2H4O2.C2H6/c1-14-11-7-16-6-10(17-12(16)15-11)8-2-4-9(13)5-3-8;1-5-6-13(7-8-14)11(15)10(12-4)9(2)3;1-4-2-3;1-2/h2-7,14H,13H2,1H3;8-10,12H,5-7H2,1-4H3;2H,1H3;1-2H3. The number of aldehydes is 1.